The molecule has 6 heteroatoms. The van der Waals surface area contributed by atoms with Crippen LogP contribution >= 0.6 is 0 Å². The van der Waals surface area contributed by atoms with Gasteiger partial charge in [0.2, 0.25) is 0 Å². The minimum absolute atomic E-state index is 0.139. The number of anilines is 1. The Kier molecular flexibility index (Phi) is 3.91. The Morgan fingerprint density at radius 3 is 2.82 bits per heavy atom. The van der Waals surface area contributed by atoms with Crippen molar-refractivity contribution in [3.8, 4) is 5.69 Å². The minimum Gasteiger partial charge on any atom is -0.322 e. The van der Waals surface area contributed by atoms with Crippen molar-refractivity contribution in [1.82, 2.24) is 19.7 Å². The van der Waals surface area contributed by atoms with Crippen LogP contribution < -0.4 is 5.32 Å². The number of aromatic nitrogens is 4. The zero-order valence-electron chi connectivity index (χ0n) is 12.1. The number of rotatable bonds is 4. The van der Waals surface area contributed by atoms with Gasteiger partial charge in [0.05, 0.1) is 5.69 Å². The van der Waals surface area contributed by atoms with Gasteiger partial charge in [-0.05, 0) is 36.2 Å². The zero-order chi connectivity index (χ0) is 15.4. The Morgan fingerprint density at radius 2 is 2.05 bits per heavy atom. The third kappa shape index (κ3) is 2.85. The average molecular weight is 293 g/mol. The van der Waals surface area contributed by atoms with E-state index in [1.54, 1.807) is 35.7 Å². The van der Waals surface area contributed by atoms with Gasteiger partial charge < -0.3 is 5.32 Å². The molecular formula is C16H15N5O. The van der Waals surface area contributed by atoms with Crippen molar-refractivity contribution < 1.29 is 4.79 Å². The van der Waals surface area contributed by atoms with E-state index in [0.29, 0.717) is 5.56 Å². The van der Waals surface area contributed by atoms with Crippen molar-refractivity contribution in [2.24, 2.45) is 0 Å². The van der Waals surface area contributed by atoms with Gasteiger partial charge in [-0.1, -0.05) is 13.0 Å². The molecule has 3 rings (SSSR count). The number of pyridine rings is 1. The maximum absolute atomic E-state index is 12.4. The van der Waals surface area contributed by atoms with Crippen LogP contribution in [0, 0.1) is 0 Å². The van der Waals surface area contributed by atoms with Gasteiger partial charge in [0.25, 0.3) is 5.91 Å². The summed E-state index contributed by atoms with van der Waals surface area (Å²) in [5.74, 6) is -0.139. The Balaban J connectivity index is 1.84. The number of benzene rings is 1. The summed E-state index contributed by atoms with van der Waals surface area (Å²) in [4.78, 5) is 16.5. The first-order valence-corrected chi connectivity index (χ1v) is 6.97. The Hall–Kier alpha value is -3.02. The van der Waals surface area contributed by atoms with E-state index in [1.165, 1.54) is 0 Å². The third-order valence-corrected chi connectivity index (χ3v) is 3.35. The van der Waals surface area contributed by atoms with Crippen molar-refractivity contribution in [2.75, 3.05) is 5.32 Å². The molecule has 1 aromatic carbocycles. The lowest BCUT2D eigenvalue weighted by Gasteiger charge is -2.10. The second-order valence-electron chi connectivity index (χ2n) is 4.76. The first-order chi connectivity index (χ1) is 10.8. The summed E-state index contributed by atoms with van der Waals surface area (Å²) in [6, 6.07) is 9.24. The molecule has 110 valence electrons. The second-order valence-corrected chi connectivity index (χ2v) is 4.76. The van der Waals surface area contributed by atoms with Crippen LogP contribution in [-0.2, 0) is 6.42 Å². The van der Waals surface area contributed by atoms with Crippen LogP contribution in [0.15, 0.2) is 55.4 Å². The number of carbonyl (C=O) groups is 1. The summed E-state index contributed by atoms with van der Waals surface area (Å²) >= 11 is 0. The highest BCUT2D eigenvalue weighted by molar-refractivity contribution is 6.05. The summed E-state index contributed by atoms with van der Waals surface area (Å²) in [5, 5.41) is 10.5. The van der Waals surface area contributed by atoms with E-state index in [9.17, 15) is 4.79 Å². The fraction of sp³-hybridized carbons (Fsp3) is 0.125. The molecule has 3 aromatic rings. The molecule has 1 N–H and O–H groups in total. The van der Waals surface area contributed by atoms with Crippen LogP contribution in [0.25, 0.3) is 5.69 Å². The van der Waals surface area contributed by atoms with Gasteiger partial charge in [-0.3, -0.25) is 14.3 Å². The summed E-state index contributed by atoms with van der Waals surface area (Å²) in [5.41, 5.74) is 3.17. The molecule has 1 amide bonds. The van der Waals surface area contributed by atoms with Crippen molar-refractivity contribution in [3.05, 3.63) is 66.5 Å². The number of nitrogens with one attached hydrogen (secondary N) is 1. The molecule has 0 unspecified atom stereocenters. The Morgan fingerprint density at radius 1 is 1.23 bits per heavy atom. The first-order valence-electron chi connectivity index (χ1n) is 6.97. The van der Waals surface area contributed by atoms with Crippen molar-refractivity contribution >= 4 is 11.6 Å². The first kappa shape index (κ1) is 13.9. The predicted octanol–water partition coefficient (Wildman–Crippen LogP) is 2.48. The SMILES string of the molecule is CCc1cnccc1C(=O)Nc1cccc(-n2cnnc2)c1. The average Bonchev–Trinajstić information content (AvgIpc) is 3.09. The molecule has 6 nitrogen and oxygen atoms in total. The third-order valence-electron chi connectivity index (χ3n) is 3.35. The molecule has 0 saturated carbocycles. The van der Waals surface area contributed by atoms with Gasteiger partial charge in [0, 0.05) is 23.6 Å². The molecule has 0 radical (unpaired) electrons. The monoisotopic (exact) mass is 293 g/mol. The van der Waals surface area contributed by atoms with Crippen LogP contribution in [0.3, 0.4) is 0 Å². The summed E-state index contributed by atoms with van der Waals surface area (Å²) < 4.78 is 1.78. The van der Waals surface area contributed by atoms with E-state index in [4.69, 9.17) is 0 Å². The molecule has 0 fully saturated rings. The van der Waals surface area contributed by atoms with Gasteiger partial charge in [-0.2, -0.15) is 0 Å². The van der Waals surface area contributed by atoms with E-state index < -0.39 is 0 Å². The number of amides is 1. The van der Waals surface area contributed by atoms with Crippen LogP contribution in [0.4, 0.5) is 5.69 Å². The molecule has 0 aliphatic rings. The molecule has 2 aromatic heterocycles. The van der Waals surface area contributed by atoms with Gasteiger partial charge in [0.1, 0.15) is 12.7 Å². The van der Waals surface area contributed by atoms with Gasteiger partial charge in [-0.25, -0.2) is 0 Å². The molecule has 0 atom stereocenters. The number of aryl methyl sites for hydroxylation is 1. The van der Waals surface area contributed by atoms with Crippen LogP contribution in [0.1, 0.15) is 22.8 Å². The van der Waals surface area contributed by atoms with Crippen molar-refractivity contribution in [2.45, 2.75) is 13.3 Å². The summed E-state index contributed by atoms with van der Waals surface area (Å²) in [7, 11) is 0. The highest BCUT2D eigenvalue weighted by atomic mass is 16.1. The fourth-order valence-electron chi connectivity index (χ4n) is 2.21. The van der Waals surface area contributed by atoms with E-state index in [1.807, 2.05) is 31.2 Å². The molecule has 0 bridgehead atoms. The van der Waals surface area contributed by atoms with Crippen LogP contribution in [0.2, 0.25) is 0 Å². The largest absolute Gasteiger partial charge is 0.322 e. The van der Waals surface area contributed by atoms with Crippen LogP contribution in [-0.4, -0.2) is 25.7 Å². The second kappa shape index (κ2) is 6.17. The number of hydrogen-bond donors (Lipinski definition) is 1. The van der Waals surface area contributed by atoms with Crippen molar-refractivity contribution in [3.63, 3.8) is 0 Å². The van der Waals surface area contributed by atoms with Crippen LogP contribution in [0.5, 0.6) is 0 Å². The number of carbonyl (C=O) groups excluding carboxylic acids is 1. The number of hydrogen-bond acceptors (Lipinski definition) is 4. The lowest BCUT2D eigenvalue weighted by atomic mass is 10.1. The van der Waals surface area contributed by atoms with E-state index in [0.717, 1.165) is 23.4 Å². The molecule has 0 aliphatic carbocycles. The van der Waals surface area contributed by atoms with Gasteiger partial charge in [-0.15, -0.1) is 10.2 Å². The maximum Gasteiger partial charge on any atom is 0.256 e. The highest BCUT2D eigenvalue weighted by Gasteiger charge is 2.10. The molecule has 0 aliphatic heterocycles. The summed E-state index contributed by atoms with van der Waals surface area (Å²) in [6.07, 6.45) is 7.33. The smallest absolute Gasteiger partial charge is 0.256 e. The summed E-state index contributed by atoms with van der Waals surface area (Å²) in [6.45, 7) is 2.00. The van der Waals surface area contributed by atoms with Gasteiger partial charge in [0.15, 0.2) is 0 Å². The van der Waals surface area contributed by atoms with E-state index >= 15 is 0 Å². The lowest BCUT2D eigenvalue weighted by Crippen LogP contribution is -2.14. The molecule has 22 heavy (non-hydrogen) atoms. The molecule has 2 heterocycles. The quantitative estimate of drug-likeness (QED) is 0.802. The Bertz CT molecular complexity index is 783. The zero-order valence-corrected chi connectivity index (χ0v) is 12.1. The van der Waals surface area contributed by atoms with E-state index in [2.05, 4.69) is 20.5 Å². The lowest BCUT2D eigenvalue weighted by molar-refractivity contribution is 0.102. The molecule has 0 spiro atoms. The fourth-order valence-corrected chi connectivity index (χ4v) is 2.21. The van der Waals surface area contributed by atoms with Crippen molar-refractivity contribution in [1.29, 1.82) is 0 Å². The van der Waals surface area contributed by atoms with E-state index in [-0.39, 0.29) is 5.91 Å². The highest BCUT2D eigenvalue weighted by Crippen LogP contribution is 2.16. The normalized spacial score (nSPS) is 10.4. The minimum atomic E-state index is -0.139. The topological polar surface area (TPSA) is 72.7 Å². The molecule has 0 saturated heterocycles. The number of nitrogens with zero attached hydrogens (tertiary/aromatic N) is 4. The predicted molar refractivity (Wildman–Crippen MR) is 82.9 cm³/mol. The Labute approximate surface area is 127 Å². The van der Waals surface area contributed by atoms with Gasteiger partial charge >= 0.3 is 0 Å². The molecular weight excluding hydrogens is 278 g/mol. The standard InChI is InChI=1S/C16H15N5O/c1-2-12-9-17-7-6-15(12)16(22)20-13-4-3-5-14(8-13)21-10-18-19-11-21/h3-11H,2H2,1H3,(H,20,22). The maximum atomic E-state index is 12.4.